The number of nitrogens with zero attached hydrogens (tertiary/aromatic N) is 9. The third-order valence-electron chi connectivity index (χ3n) is 11.2. The standard InChI is InChI=1S/C50H43N11O4S3/c1-26-18-28(3)43(29(4)19-26)55-46-44(30(5)22-42(54-46)60(45-31(6)20-27(2)21-32(45)7)49-52-38-14-9-10-15-40(38)66-49)56-57-47-37(25-51)33(8)58-61(47)50-53-39-17-16-36(24-41(39)67-50)68(64,65)59-35-13-11-12-34(23-35)48(62)63/h9-24,59H,1-8H3,(H,54,55)(H,62,63). The van der Waals surface area contributed by atoms with E-state index in [2.05, 4.69) is 84.1 Å². The third-order valence-corrected chi connectivity index (χ3v) is 14.6. The molecule has 340 valence electrons. The molecule has 0 fully saturated rings. The van der Waals surface area contributed by atoms with E-state index in [0.717, 1.165) is 77.0 Å². The van der Waals surface area contributed by atoms with Crippen molar-refractivity contribution in [3.63, 3.8) is 0 Å². The van der Waals surface area contributed by atoms with Crippen LogP contribution in [0, 0.1) is 66.7 Å². The summed E-state index contributed by atoms with van der Waals surface area (Å²) in [5.74, 6) is -0.0290. The quantitative estimate of drug-likeness (QED) is 0.0983. The van der Waals surface area contributed by atoms with E-state index in [0.29, 0.717) is 38.4 Å². The van der Waals surface area contributed by atoms with Crippen LogP contribution in [0.4, 0.5) is 45.3 Å². The largest absolute Gasteiger partial charge is 0.478 e. The molecule has 68 heavy (non-hydrogen) atoms. The molecule has 5 aromatic carbocycles. The van der Waals surface area contributed by atoms with E-state index >= 15 is 0 Å². The average molecular weight is 958 g/mol. The number of aromatic nitrogens is 5. The van der Waals surface area contributed by atoms with Gasteiger partial charge < -0.3 is 10.4 Å². The summed E-state index contributed by atoms with van der Waals surface area (Å²) in [6.45, 7) is 16.0. The van der Waals surface area contributed by atoms with E-state index < -0.39 is 16.0 Å². The van der Waals surface area contributed by atoms with E-state index in [9.17, 15) is 23.6 Å². The Morgan fingerprint density at radius 2 is 1.44 bits per heavy atom. The number of hydrogen-bond acceptors (Lipinski definition) is 14. The summed E-state index contributed by atoms with van der Waals surface area (Å²) in [4.78, 5) is 28.8. The Hall–Kier alpha value is -7.85. The van der Waals surface area contributed by atoms with Gasteiger partial charge in [-0.05, 0) is 138 Å². The number of fused-ring (bicyclic) bond motifs is 2. The van der Waals surface area contributed by atoms with Crippen LogP contribution in [0.25, 0.3) is 25.6 Å². The normalized spacial score (nSPS) is 11.7. The lowest BCUT2D eigenvalue weighted by molar-refractivity contribution is 0.0697. The molecule has 9 aromatic rings. The first-order valence-corrected chi connectivity index (χ1v) is 24.4. The lowest BCUT2D eigenvalue weighted by Crippen LogP contribution is -2.15. The van der Waals surface area contributed by atoms with E-state index in [-0.39, 0.29) is 27.5 Å². The monoisotopic (exact) mass is 957 g/mol. The van der Waals surface area contributed by atoms with Crippen molar-refractivity contribution in [3.05, 3.63) is 153 Å². The smallest absolute Gasteiger partial charge is 0.335 e. The van der Waals surface area contributed by atoms with Crippen molar-refractivity contribution in [3.8, 4) is 11.2 Å². The van der Waals surface area contributed by atoms with E-state index in [4.69, 9.17) is 25.2 Å². The predicted molar refractivity (Wildman–Crippen MR) is 270 cm³/mol. The van der Waals surface area contributed by atoms with Crippen LogP contribution in [0.3, 0.4) is 0 Å². The highest BCUT2D eigenvalue weighted by atomic mass is 32.2. The zero-order valence-corrected chi connectivity index (χ0v) is 40.6. The van der Waals surface area contributed by atoms with Crippen molar-refractivity contribution < 1.29 is 18.3 Å². The molecular weight excluding hydrogens is 915 g/mol. The van der Waals surface area contributed by atoms with Crippen LogP contribution in [-0.4, -0.2) is 44.2 Å². The van der Waals surface area contributed by atoms with Crippen LogP contribution in [0.2, 0.25) is 0 Å². The van der Waals surface area contributed by atoms with Gasteiger partial charge >= 0.3 is 5.97 Å². The number of aryl methyl sites for hydroxylation is 8. The molecule has 0 spiro atoms. The van der Waals surface area contributed by atoms with Crippen molar-refractivity contribution in [2.24, 2.45) is 10.2 Å². The van der Waals surface area contributed by atoms with Gasteiger partial charge in [0.05, 0.1) is 42.3 Å². The summed E-state index contributed by atoms with van der Waals surface area (Å²) < 4.78 is 32.4. The minimum absolute atomic E-state index is 0.0601. The second-order valence-corrected chi connectivity index (χ2v) is 20.3. The molecule has 0 saturated heterocycles. The Kier molecular flexibility index (Phi) is 11.8. The Morgan fingerprint density at radius 3 is 2.13 bits per heavy atom. The lowest BCUT2D eigenvalue weighted by atomic mass is 10.0. The average Bonchev–Trinajstić information content (AvgIpc) is 3.99. The number of para-hydroxylation sites is 1. The molecule has 15 nitrogen and oxygen atoms in total. The highest BCUT2D eigenvalue weighted by Crippen LogP contribution is 2.45. The van der Waals surface area contributed by atoms with Crippen LogP contribution in [0.5, 0.6) is 0 Å². The number of rotatable bonds is 12. The topological polar surface area (TPSA) is 204 Å². The van der Waals surface area contributed by atoms with Gasteiger partial charge in [-0.25, -0.2) is 28.2 Å². The highest BCUT2D eigenvalue weighted by Gasteiger charge is 2.26. The van der Waals surface area contributed by atoms with Crippen molar-refractivity contribution >= 4 is 104 Å². The van der Waals surface area contributed by atoms with Gasteiger partial charge in [0, 0.05) is 11.4 Å². The predicted octanol–water partition coefficient (Wildman–Crippen LogP) is 13.0. The third kappa shape index (κ3) is 8.65. The number of nitrogens with one attached hydrogen (secondary N) is 2. The number of anilines is 6. The van der Waals surface area contributed by atoms with Crippen LogP contribution in [0.15, 0.2) is 112 Å². The number of pyridine rings is 1. The maximum atomic E-state index is 13.5. The number of carbonyl (C=O) groups is 1. The summed E-state index contributed by atoms with van der Waals surface area (Å²) >= 11 is 2.73. The molecule has 0 aliphatic heterocycles. The fourth-order valence-electron chi connectivity index (χ4n) is 8.31. The van der Waals surface area contributed by atoms with Crippen LogP contribution < -0.4 is 14.9 Å². The number of hydrogen-bond donors (Lipinski definition) is 3. The molecule has 4 heterocycles. The van der Waals surface area contributed by atoms with Crippen molar-refractivity contribution in [2.75, 3.05) is 14.9 Å². The van der Waals surface area contributed by atoms with Gasteiger partial charge in [0.1, 0.15) is 23.1 Å². The van der Waals surface area contributed by atoms with Gasteiger partial charge in [-0.1, -0.05) is 76.3 Å². The maximum Gasteiger partial charge on any atom is 0.335 e. The molecule has 9 rings (SSSR count). The van der Waals surface area contributed by atoms with Crippen molar-refractivity contribution in [1.29, 1.82) is 5.26 Å². The van der Waals surface area contributed by atoms with Crippen LogP contribution >= 0.6 is 22.7 Å². The first-order valence-electron chi connectivity index (χ1n) is 21.3. The minimum atomic E-state index is -4.13. The van der Waals surface area contributed by atoms with Crippen molar-refractivity contribution in [2.45, 2.75) is 60.3 Å². The summed E-state index contributed by atoms with van der Waals surface area (Å²) in [5.41, 5.74) is 11.4. The molecule has 0 aliphatic rings. The maximum absolute atomic E-state index is 13.5. The Morgan fingerprint density at radius 1 is 0.750 bits per heavy atom. The molecule has 18 heteroatoms. The number of benzene rings is 5. The van der Waals surface area contributed by atoms with Gasteiger partial charge in [0.25, 0.3) is 10.0 Å². The molecule has 0 amide bonds. The molecule has 0 radical (unpaired) electrons. The molecule has 3 N–H and O–H groups in total. The zero-order valence-electron chi connectivity index (χ0n) is 38.2. The first kappa shape index (κ1) is 45.3. The fourth-order valence-corrected chi connectivity index (χ4v) is 11.4. The Bertz CT molecular complexity index is 3640. The summed E-state index contributed by atoms with van der Waals surface area (Å²) in [6.07, 6.45) is 0. The Balaban J connectivity index is 1.16. The minimum Gasteiger partial charge on any atom is -0.478 e. The van der Waals surface area contributed by atoms with E-state index in [1.807, 2.05) is 45.0 Å². The number of nitriles is 1. The van der Waals surface area contributed by atoms with Gasteiger partial charge in [0.2, 0.25) is 5.13 Å². The summed E-state index contributed by atoms with van der Waals surface area (Å²) in [5, 5.41) is 38.8. The molecule has 0 saturated carbocycles. The summed E-state index contributed by atoms with van der Waals surface area (Å²) in [7, 11) is -4.13. The van der Waals surface area contributed by atoms with E-state index in [1.165, 1.54) is 41.1 Å². The molecule has 0 aliphatic carbocycles. The second-order valence-electron chi connectivity index (χ2n) is 16.6. The van der Waals surface area contributed by atoms with Gasteiger partial charge in [-0.3, -0.25) is 9.62 Å². The van der Waals surface area contributed by atoms with Gasteiger partial charge in [-0.2, -0.15) is 15.0 Å². The number of thiazole rings is 2. The van der Waals surface area contributed by atoms with Crippen molar-refractivity contribution in [1.82, 2.24) is 24.7 Å². The zero-order chi connectivity index (χ0) is 48.2. The number of sulfonamides is 1. The van der Waals surface area contributed by atoms with Crippen LogP contribution in [-0.2, 0) is 10.0 Å². The number of aromatic carboxylic acids is 1. The van der Waals surface area contributed by atoms with Gasteiger partial charge in [0.15, 0.2) is 16.8 Å². The summed E-state index contributed by atoms with van der Waals surface area (Å²) in [6, 6.07) is 30.8. The molecule has 0 atom stereocenters. The van der Waals surface area contributed by atoms with E-state index in [1.54, 1.807) is 24.3 Å². The Labute approximate surface area is 400 Å². The lowest BCUT2D eigenvalue weighted by Gasteiger charge is -2.27. The fraction of sp³-hybridized carbons (Fsp3) is 0.160. The SMILES string of the molecule is Cc1cc(C)c(Nc2nc(N(c3nc4ccccc4s3)c3c(C)cc(C)cc3C)cc(C)c2N=Nc2c(C#N)c(C)nn2-c2nc3ccc(S(=O)(=O)Nc4cccc(C(=O)O)c4)cc3s2)c(C)c1. The van der Waals surface area contributed by atoms with Crippen LogP contribution in [0.1, 0.15) is 60.6 Å². The molecule has 0 unspecified atom stereocenters. The first-order chi connectivity index (χ1) is 32.5. The molecule has 4 aromatic heterocycles. The molecular formula is C50H43N11O4S3. The highest BCUT2D eigenvalue weighted by molar-refractivity contribution is 7.92. The molecule has 0 bridgehead atoms. The number of carboxylic acid groups (broad SMARTS) is 1. The number of azo groups is 1. The number of carboxylic acids is 1. The van der Waals surface area contributed by atoms with Gasteiger partial charge in [-0.15, -0.1) is 10.2 Å². The second kappa shape index (κ2) is 17.8.